The van der Waals surface area contributed by atoms with Crippen molar-refractivity contribution < 1.29 is 9.59 Å². The molecule has 0 aliphatic carbocycles. The second kappa shape index (κ2) is 8.35. The highest BCUT2D eigenvalue weighted by atomic mass is 16.2. The Bertz CT molecular complexity index is 1010. The molecule has 7 heteroatoms. The zero-order valence-corrected chi connectivity index (χ0v) is 16.3. The third-order valence-corrected chi connectivity index (χ3v) is 4.42. The van der Waals surface area contributed by atoms with Gasteiger partial charge in [0.2, 0.25) is 5.91 Å². The van der Waals surface area contributed by atoms with Crippen molar-refractivity contribution >= 4 is 34.6 Å². The number of hydrazine groups is 1. The van der Waals surface area contributed by atoms with E-state index in [4.69, 9.17) is 11.5 Å². The molecule has 0 saturated heterocycles. The summed E-state index contributed by atoms with van der Waals surface area (Å²) in [6.07, 6.45) is 0. The van der Waals surface area contributed by atoms with Gasteiger partial charge in [0.05, 0.1) is 17.1 Å². The van der Waals surface area contributed by atoms with E-state index in [0.717, 1.165) is 11.4 Å². The molecule has 5 N–H and O–H groups in total. The van der Waals surface area contributed by atoms with E-state index < -0.39 is 5.91 Å². The van der Waals surface area contributed by atoms with Gasteiger partial charge in [-0.05, 0) is 60.7 Å². The largest absolute Gasteiger partial charge is 0.397 e. The number of anilines is 4. The number of para-hydroxylation sites is 2. The molecule has 0 atom stereocenters. The molecule has 0 aliphatic heterocycles. The van der Waals surface area contributed by atoms with E-state index in [1.54, 1.807) is 36.4 Å². The second-order valence-corrected chi connectivity index (χ2v) is 6.69. The summed E-state index contributed by atoms with van der Waals surface area (Å²) < 4.78 is 0. The molecule has 3 aromatic rings. The lowest BCUT2D eigenvalue weighted by atomic mass is 10.1. The standard InChI is InChI=1S/C22H23N5O2/c1-26(2)18-13-11-17(12-14-18)25-27(20-6-4-3-5-19(20)23)22(29)16-9-7-15(8-10-16)21(24)28/h3-14,25H,23H2,1-2H3,(H2,24,28). The summed E-state index contributed by atoms with van der Waals surface area (Å²) in [6.45, 7) is 0. The number of carbonyl (C=O) groups excluding carboxylic acids is 2. The van der Waals surface area contributed by atoms with Crippen molar-refractivity contribution in [2.75, 3.05) is 35.2 Å². The van der Waals surface area contributed by atoms with Gasteiger partial charge in [-0.15, -0.1) is 0 Å². The Morgan fingerprint density at radius 2 is 1.41 bits per heavy atom. The predicted molar refractivity (Wildman–Crippen MR) is 117 cm³/mol. The molecule has 0 unspecified atom stereocenters. The SMILES string of the molecule is CN(C)c1ccc(NN(C(=O)c2ccc(C(N)=O)cc2)c2ccccc2N)cc1. The van der Waals surface area contributed by atoms with Crippen molar-refractivity contribution in [3.05, 3.63) is 83.9 Å². The summed E-state index contributed by atoms with van der Waals surface area (Å²) in [4.78, 5) is 26.5. The van der Waals surface area contributed by atoms with Crippen LogP contribution in [0.5, 0.6) is 0 Å². The van der Waals surface area contributed by atoms with E-state index in [1.807, 2.05) is 43.3 Å². The van der Waals surface area contributed by atoms with Gasteiger partial charge in [-0.2, -0.15) is 0 Å². The number of hydrogen-bond donors (Lipinski definition) is 3. The average Bonchev–Trinajstić information content (AvgIpc) is 2.72. The molecule has 3 rings (SSSR count). The Balaban J connectivity index is 1.95. The predicted octanol–water partition coefficient (Wildman–Crippen LogP) is 3.11. The third-order valence-electron chi connectivity index (χ3n) is 4.42. The first-order valence-electron chi connectivity index (χ1n) is 8.99. The van der Waals surface area contributed by atoms with Crippen LogP contribution in [0, 0.1) is 0 Å². The Kier molecular flexibility index (Phi) is 5.69. The van der Waals surface area contributed by atoms with Crippen molar-refractivity contribution in [3.8, 4) is 0 Å². The molecular formula is C22H23N5O2. The van der Waals surface area contributed by atoms with Crippen LogP contribution >= 0.6 is 0 Å². The topological polar surface area (TPSA) is 105 Å². The number of rotatable bonds is 6. The highest BCUT2D eigenvalue weighted by molar-refractivity contribution is 6.09. The van der Waals surface area contributed by atoms with E-state index in [1.165, 1.54) is 17.1 Å². The number of carbonyl (C=O) groups is 2. The van der Waals surface area contributed by atoms with Crippen molar-refractivity contribution in [2.45, 2.75) is 0 Å². The van der Waals surface area contributed by atoms with E-state index in [2.05, 4.69) is 5.43 Å². The molecule has 0 spiro atoms. The molecular weight excluding hydrogens is 366 g/mol. The van der Waals surface area contributed by atoms with Crippen LogP contribution in [0.4, 0.5) is 22.7 Å². The Labute approximate surface area is 169 Å². The first kappa shape index (κ1) is 19.8. The summed E-state index contributed by atoms with van der Waals surface area (Å²) in [5.41, 5.74) is 18.0. The number of primary amides is 1. The van der Waals surface area contributed by atoms with Crippen molar-refractivity contribution in [2.24, 2.45) is 5.73 Å². The van der Waals surface area contributed by atoms with Crippen LogP contribution in [0.25, 0.3) is 0 Å². The smallest absolute Gasteiger partial charge is 0.277 e. The van der Waals surface area contributed by atoms with Crippen LogP contribution in [0.15, 0.2) is 72.8 Å². The number of nitrogens with zero attached hydrogens (tertiary/aromatic N) is 2. The number of amides is 2. The number of nitrogens with two attached hydrogens (primary N) is 2. The first-order valence-corrected chi connectivity index (χ1v) is 8.99. The molecule has 0 aliphatic rings. The van der Waals surface area contributed by atoms with E-state index in [0.29, 0.717) is 22.5 Å². The maximum absolute atomic E-state index is 13.2. The molecule has 0 saturated carbocycles. The average molecular weight is 389 g/mol. The minimum absolute atomic E-state index is 0.324. The highest BCUT2D eigenvalue weighted by Crippen LogP contribution is 2.26. The van der Waals surface area contributed by atoms with Gasteiger partial charge in [-0.1, -0.05) is 12.1 Å². The highest BCUT2D eigenvalue weighted by Gasteiger charge is 2.20. The van der Waals surface area contributed by atoms with Crippen LogP contribution < -0.4 is 26.8 Å². The molecule has 0 radical (unpaired) electrons. The fraction of sp³-hybridized carbons (Fsp3) is 0.0909. The fourth-order valence-electron chi connectivity index (χ4n) is 2.78. The maximum atomic E-state index is 13.2. The van der Waals surface area contributed by atoms with Crippen molar-refractivity contribution in [1.82, 2.24) is 0 Å². The lowest BCUT2D eigenvalue weighted by molar-refractivity contribution is 0.0984. The second-order valence-electron chi connectivity index (χ2n) is 6.69. The van der Waals surface area contributed by atoms with Crippen LogP contribution in [0.2, 0.25) is 0 Å². The quantitative estimate of drug-likeness (QED) is 0.444. The molecule has 0 bridgehead atoms. The molecule has 2 amide bonds. The number of benzene rings is 3. The van der Waals surface area contributed by atoms with Gasteiger partial charge in [0, 0.05) is 30.9 Å². The van der Waals surface area contributed by atoms with Gasteiger partial charge in [0.15, 0.2) is 0 Å². The number of nitrogens with one attached hydrogen (secondary N) is 1. The lowest BCUT2D eigenvalue weighted by Crippen LogP contribution is -2.37. The minimum atomic E-state index is -0.549. The van der Waals surface area contributed by atoms with Crippen LogP contribution in [-0.4, -0.2) is 25.9 Å². The van der Waals surface area contributed by atoms with Gasteiger partial charge in [-0.3, -0.25) is 15.0 Å². The Morgan fingerprint density at radius 1 is 0.828 bits per heavy atom. The monoisotopic (exact) mass is 389 g/mol. The van der Waals surface area contributed by atoms with Crippen molar-refractivity contribution in [1.29, 1.82) is 0 Å². The van der Waals surface area contributed by atoms with Gasteiger partial charge in [0.1, 0.15) is 0 Å². The molecule has 148 valence electrons. The van der Waals surface area contributed by atoms with Crippen molar-refractivity contribution in [3.63, 3.8) is 0 Å². The lowest BCUT2D eigenvalue weighted by Gasteiger charge is -2.26. The molecule has 7 nitrogen and oxygen atoms in total. The number of nitrogen functional groups attached to an aromatic ring is 1. The summed E-state index contributed by atoms with van der Waals surface area (Å²) in [6, 6.07) is 20.9. The molecule has 0 fully saturated rings. The van der Waals surface area contributed by atoms with Gasteiger partial charge in [-0.25, -0.2) is 5.01 Å². The zero-order chi connectivity index (χ0) is 21.0. The van der Waals surface area contributed by atoms with Crippen LogP contribution in [0.1, 0.15) is 20.7 Å². The zero-order valence-electron chi connectivity index (χ0n) is 16.3. The van der Waals surface area contributed by atoms with Crippen LogP contribution in [0.3, 0.4) is 0 Å². The third kappa shape index (κ3) is 4.47. The summed E-state index contributed by atoms with van der Waals surface area (Å²) in [7, 11) is 3.91. The molecule has 29 heavy (non-hydrogen) atoms. The molecule has 0 heterocycles. The Hall–Kier alpha value is -4.00. The first-order chi connectivity index (χ1) is 13.9. The Morgan fingerprint density at radius 3 is 1.97 bits per heavy atom. The summed E-state index contributed by atoms with van der Waals surface area (Å²) >= 11 is 0. The van der Waals surface area contributed by atoms with Gasteiger partial charge < -0.3 is 16.4 Å². The molecule has 0 aromatic heterocycles. The summed E-state index contributed by atoms with van der Waals surface area (Å²) in [5.74, 6) is -0.872. The fourth-order valence-corrected chi connectivity index (χ4v) is 2.78. The van der Waals surface area contributed by atoms with Gasteiger partial charge >= 0.3 is 0 Å². The maximum Gasteiger partial charge on any atom is 0.277 e. The van der Waals surface area contributed by atoms with Gasteiger partial charge in [0.25, 0.3) is 5.91 Å². The minimum Gasteiger partial charge on any atom is -0.397 e. The molecule has 3 aromatic carbocycles. The van der Waals surface area contributed by atoms with E-state index in [-0.39, 0.29) is 5.91 Å². The van der Waals surface area contributed by atoms with E-state index >= 15 is 0 Å². The van der Waals surface area contributed by atoms with E-state index in [9.17, 15) is 9.59 Å². The van der Waals surface area contributed by atoms with Crippen LogP contribution in [-0.2, 0) is 0 Å². The summed E-state index contributed by atoms with van der Waals surface area (Å²) in [5, 5.41) is 1.39. The number of hydrogen-bond acceptors (Lipinski definition) is 5. The normalized spacial score (nSPS) is 10.3.